The molecule has 0 saturated heterocycles. The van der Waals surface area contributed by atoms with Crippen LogP contribution in [0, 0.1) is 18.3 Å². The van der Waals surface area contributed by atoms with Gasteiger partial charge in [-0.3, -0.25) is 4.79 Å². The molecule has 1 aromatic heterocycles. The number of anilines is 1. The van der Waals surface area contributed by atoms with Crippen LogP contribution in [-0.4, -0.2) is 36.7 Å². The molecule has 0 aliphatic carbocycles. The van der Waals surface area contributed by atoms with E-state index in [1.807, 2.05) is 11.8 Å². The zero-order valence-electron chi connectivity index (χ0n) is 13.0. The summed E-state index contributed by atoms with van der Waals surface area (Å²) < 4.78 is 5.01. The van der Waals surface area contributed by atoms with Gasteiger partial charge < -0.3 is 14.7 Å². The largest absolute Gasteiger partial charge is 0.481 e. The molecular formula is C15H20N2O4S. The Kier molecular flexibility index (Phi) is 6.86. The van der Waals surface area contributed by atoms with E-state index in [1.165, 1.54) is 11.3 Å². The number of nitriles is 1. The number of hydrogen-bond acceptors (Lipinski definition) is 6. The highest BCUT2D eigenvalue weighted by Crippen LogP contribution is 2.36. The topological polar surface area (TPSA) is 90.6 Å². The number of esters is 1. The van der Waals surface area contributed by atoms with Crippen molar-refractivity contribution in [3.05, 3.63) is 16.0 Å². The van der Waals surface area contributed by atoms with E-state index in [0.29, 0.717) is 34.1 Å². The normalized spacial score (nSPS) is 10.1. The summed E-state index contributed by atoms with van der Waals surface area (Å²) in [5.74, 6) is -1.33. The minimum Gasteiger partial charge on any atom is -0.481 e. The minimum atomic E-state index is -0.890. The molecule has 1 aromatic rings. The number of carboxylic acids is 1. The lowest BCUT2D eigenvalue weighted by molar-refractivity contribution is -0.136. The van der Waals surface area contributed by atoms with Crippen LogP contribution in [-0.2, 0) is 9.53 Å². The maximum Gasteiger partial charge on any atom is 0.348 e. The van der Waals surface area contributed by atoms with Gasteiger partial charge in [0.25, 0.3) is 0 Å². The van der Waals surface area contributed by atoms with Crippen LogP contribution in [0.4, 0.5) is 5.00 Å². The summed E-state index contributed by atoms with van der Waals surface area (Å²) in [7, 11) is 0. The average molecular weight is 324 g/mol. The molecule has 0 radical (unpaired) electrons. The van der Waals surface area contributed by atoms with E-state index in [1.54, 1.807) is 13.8 Å². The molecule has 0 amide bonds. The molecule has 0 aliphatic heterocycles. The third kappa shape index (κ3) is 4.21. The first-order chi connectivity index (χ1) is 10.5. The van der Waals surface area contributed by atoms with Gasteiger partial charge >= 0.3 is 11.9 Å². The second kappa shape index (κ2) is 8.39. The molecule has 0 spiro atoms. The summed E-state index contributed by atoms with van der Waals surface area (Å²) in [5.41, 5.74) is 1.02. The van der Waals surface area contributed by atoms with Gasteiger partial charge in [0.05, 0.1) is 18.6 Å². The number of carbonyl (C=O) groups is 2. The standard InChI is InChI=1S/C15H20N2O4S/c1-4-7-17(8-6-12(18)19)14-11(9-16)10(3)13(22-14)15(20)21-5-2/h4-8H2,1-3H3,(H,18,19). The number of ether oxygens (including phenoxy) is 1. The maximum atomic E-state index is 12.0. The van der Waals surface area contributed by atoms with Crippen molar-refractivity contribution in [2.45, 2.75) is 33.6 Å². The summed E-state index contributed by atoms with van der Waals surface area (Å²) in [5, 5.41) is 18.9. The van der Waals surface area contributed by atoms with E-state index in [9.17, 15) is 14.9 Å². The number of carbonyl (C=O) groups excluding carboxylic acids is 1. The van der Waals surface area contributed by atoms with Gasteiger partial charge in [-0.05, 0) is 25.8 Å². The summed E-state index contributed by atoms with van der Waals surface area (Å²) in [4.78, 5) is 25.0. The maximum absolute atomic E-state index is 12.0. The highest BCUT2D eigenvalue weighted by Gasteiger charge is 2.24. The van der Waals surface area contributed by atoms with E-state index in [4.69, 9.17) is 9.84 Å². The van der Waals surface area contributed by atoms with E-state index >= 15 is 0 Å². The predicted molar refractivity (Wildman–Crippen MR) is 84.5 cm³/mol. The van der Waals surface area contributed by atoms with Gasteiger partial charge in [-0.25, -0.2) is 4.79 Å². The molecule has 1 heterocycles. The molecule has 0 aromatic carbocycles. The van der Waals surface area contributed by atoms with Crippen molar-refractivity contribution in [3.63, 3.8) is 0 Å². The van der Waals surface area contributed by atoms with Crippen molar-refractivity contribution in [2.24, 2.45) is 0 Å². The third-order valence-corrected chi connectivity index (χ3v) is 4.41. The molecular weight excluding hydrogens is 304 g/mol. The molecule has 1 rings (SSSR count). The first-order valence-corrected chi connectivity index (χ1v) is 7.95. The molecule has 6 nitrogen and oxygen atoms in total. The number of hydrogen-bond donors (Lipinski definition) is 1. The van der Waals surface area contributed by atoms with Crippen molar-refractivity contribution < 1.29 is 19.4 Å². The van der Waals surface area contributed by atoms with E-state index in [-0.39, 0.29) is 13.0 Å². The van der Waals surface area contributed by atoms with Crippen LogP contribution >= 0.6 is 11.3 Å². The zero-order chi connectivity index (χ0) is 16.7. The molecule has 1 N–H and O–H groups in total. The van der Waals surface area contributed by atoms with Crippen molar-refractivity contribution in [1.29, 1.82) is 5.26 Å². The highest BCUT2D eigenvalue weighted by molar-refractivity contribution is 7.18. The Morgan fingerprint density at radius 2 is 2.05 bits per heavy atom. The smallest absolute Gasteiger partial charge is 0.348 e. The molecule has 120 valence electrons. The fraction of sp³-hybridized carbons (Fsp3) is 0.533. The first-order valence-electron chi connectivity index (χ1n) is 7.13. The summed E-state index contributed by atoms with van der Waals surface area (Å²) in [6.07, 6.45) is 0.798. The Morgan fingerprint density at radius 3 is 2.55 bits per heavy atom. The first kappa shape index (κ1) is 18.0. The van der Waals surface area contributed by atoms with Gasteiger partial charge in [0.1, 0.15) is 15.9 Å². The minimum absolute atomic E-state index is 0.0173. The SMILES string of the molecule is CCCN(CCC(=O)O)c1sc(C(=O)OCC)c(C)c1C#N. The van der Waals surface area contributed by atoms with Crippen LogP contribution in [0.2, 0.25) is 0 Å². The fourth-order valence-electron chi connectivity index (χ4n) is 2.06. The van der Waals surface area contributed by atoms with Gasteiger partial charge in [-0.2, -0.15) is 5.26 Å². The quantitative estimate of drug-likeness (QED) is 0.739. The molecule has 0 unspecified atom stereocenters. The highest BCUT2D eigenvalue weighted by atomic mass is 32.1. The Balaban J connectivity index is 3.19. The van der Waals surface area contributed by atoms with E-state index in [2.05, 4.69) is 6.07 Å². The number of rotatable bonds is 8. The van der Waals surface area contributed by atoms with E-state index in [0.717, 1.165) is 6.42 Å². The lowest BCUT2D eigenvalue weighted by Crippen LogP contribution is -2.26. The van der Waals surface area contributed by atoms with Crippen LogP contribution in [0.25, 0.3) is 0 Å². The summed E-state index contributed by atoms with van der Waals surface area (Å²) in [6.45, 7) is 6.62. The van der Waals surface area contributed by atoms with Crippen LogP contribution in [0.5, 0.6) is 0 Å². The Bertz CT molecular complexity index is 589. The molecule has 0 saturated carbocycles. The van der Waals surface area contributed by atoms with Crippen molar-refractivity contribution in [1.82, 2.24) is 0 Å². The van der Waals surface area contributed by atoms with Gasteiger partial charge in [0.2, 0.25) is 0 Å². The molecule has 0 bridgehead atoms. The number of aliphatic carboxylic acids is 1. The summed E-state index contributed by atoms with van der Waals surface area (Å²) in [6, 6.07) is 2.12. The average Bonchev–Trinajstić information content (AvgIpc) is 2.80. The second-order valence-corrected chi connectivity index (χ2v) is 5.70. The monoisotopic (exact) mass is 324 g/mol. The predicted octanol–water partition coefficient (Wildman–Crippen LogP) is 2.80. The van der Waals surface area contributed by atoms with Crippen LogP contribution in [0.3, 0.4) is 0 Å². The van der Waals surface area contributed by atoms with Gasteiger partial charge in [0, 0.05) is 13.1 Å². The molecule has 0 aliphatic rings. The lowest BCUT2D eigenvalue weighted by atomic mass is 10.1. The Labute approximate surface area is 133 Å². The second-order valence-electron chi connectivity index (χ2n) is 4.70. The van der Waals surface area contributed by atoms with Gasteiger partial charge in [0.15, 0.2) is 0 Å². The van der Waals surface area contributed by atoms with Crippen molar-refractivity contribution >= 4 is 28.3 Å². The van der Waals surface area contributed by atoms with Gasteiger partial charge in [-0.15, -0.1) is 11.3 Å². The Morgan fingerprint density at radius 1 is 1.36 bits per heavy atom. The molecule has 0 atom stereocenters. The Hall–Kier alpha value is -2.07. The fourth-order valence-corrected chi connectivity index (χ4v) is 3.26. The van der Waals surface area contributed by atoms with Crippen LogP contribution < -0.4 is 4.90 Å². The lowest BCUT2D eigenvalue weighted by Gasteiger charge is -2.22. The summed E-state index contributed by atoms with van der Waals surface area (Å²) >= 11 is 1.19. The molecule has 0 fully saturated rings. The number of thiophene rings is 1. The number of carboxylic acid groups (broad SMARTS) is 1. The third-order valence-electron chi connectivity index (χ3n) is 3.08. The molecule has 22 heavy (non-hydrogen) atoms. The van der Waals surface area contributed by atoms with E-state index < -0.39 is 11.9 Å². The van der Waals surface area contributed by atoms with Gasteiger partial charge in [-0.1, -0.05) is 6.92 Å². The van der Waals surface area contributed by atoms with Crippen LogP contribution in [0.1, 0.15) is 47.5 Å². The molecule has 7 heteroatoms. The number of nitrogens with zero attached hydrogens (tertiary/aromatic N) is 2. The van der Waals surface area contributed by atoms with Crippen LogP contribution in [0.15, 0.2) is 0 Å². The van der Waals surface area contributed by atoms with Crippen molar-refractivity contribution in [2.75, 3.05) is 24.6 Å². The van der Waals surface area contributed by atoms with Crippen molar-refractivity contribution in [3.8, 4) is 6.07 Å². The zero-order valence-corrected chi connectivity index (χ0v) is 13.8.